The Balaban J connectivity index is 0.000000409. The van der Waals surface area contributed by atoms with E-state index in [4.69, 9.17) is 30.0 Å². The number of hydrogen-bond donors (Lipinski definition) is 3. The Morgan fingerprint density at radius 2 is 1.93 bits per heavy atom. The number of nitrogen functional groups attached to an aromatic ring is 1. The molecule has 28 heavy (non-hydrogen) atoms. The molecule has 3 aromatic rings. The highest BCUT2D eigenvalue weighted by atomic mass is 32.1. The number of carboxylic acids is 2. The Labute approximate surface area is 164 Å². The molecule has 0 atom stereocenters. The summed E-state index contributed by atoms with van der Waals surface area (Å²) in [5.74, 6) is -3.76. The molecule has 0 radical (unpaired) electrons. The van der Waals surface area contributed by atoms with E-state index >= 15 is 0 Å². The molecule has 148 valence electrons. The topological polar surface area (TPSA) is 147 Å². The van der Waals surface area contributed by atoms with E-state index < -0.39 is 11.9 Å². The molecule has 3 heterocycles. The van der Waals surface area contributed by atoms with Crippen LogP contribution >= 0.6 is 11.3 Å². The maximum Gasteiger partial charge on any atom is 0.414 e. The number of aromatic nitrogens is 1. The zero-order valence-electron chi connectivity index (χ0n) is 15.2. The van der Waals surface area contributed by atoms with Gasteiger partial charge in [-0.2, -0.15) is 0 Å². The molecule has 0 bridgehead atoms. The molecule has 4 N–H and O–H groups in total. The average Bonchev–Trinajstić information content (AvgIpc) is 3.30. The van der Waals surface area contributed by atoms with E-state index in [0.29, 0.717) is 27.4 Å². The molecule has 0 aromatic carbocycles. The van der Waals surface area contributed by atoms with Crippen molar-refractivity contribution in [2.75, 3.05) is 26.4 Å². The van der Waals surface area contributed by atoms with E-state index in [0.717, 1.165) is 18.5 Å². The van der Waals surface area contributed by atoms with Crippen molar-refractivity contribution in [2.45, 2.75) is 6.42 Å². The zero-order valence-corrected chi connectivity index (χ0v) is 16.0. The van der Waals surface area contributed by atoms with Crippen molar-refractivity contribution in [3.05, 3.63) is 46.0 Å². The minimum absolute atomic E-state index is 0.108. The number of nitrogens with zero attached hydrogens (tertiary/aromatic N) is 2. The normalized spacial score (nSPS) is 10.5. The summed E-state index contributed by atoms with van der Waals surface area (Å²) in [7, 11) is 4.02. The fourth-order valence-corrected chi connectivity index (χ4v) is 2.92. The van der Waals surface area contributed by atoms with Crippen molar-refractivity contribution in [1.29, 1.82) is 0 Å². The molecule has 0 amide bonds. The number of nitrogens with two attached hydrogens (primary N) is 1. The lowest BCUT2D eigenvalue weighted by atomic mass is 10.1. The van der Waals surface area contributed by atoms with Crippen molar-refractivity contribution in [3.8, 4) is 0 Å². The Morgan fingerprint density at radius 3 is 2.46 bits per heavy atom. The molecule has 0 saturated heterocycles. The van der Waals surface area contributed by atoms with E-state index in [1.165, 1.54) is 11.3 Å². The molecular formula is C18H19N3O6S. The van der Waals surface area contributed by atoms with Gasteiger partial charge < -0.3 is 25.3 Å². The van der Waals surface area contributed by atoms with Crippen LogP contribution in [0.4, 0.5) is 5.69 Å². The van der Waals surface area contributed by atoms with Crippen LogP contribution in [0.3, 0.4) is 0 Å². The van der Waals surface area contributed by atoms with Crippen LogP contribution in [0, 0.1) is 0 Å². The number of hydrogen-bond acceptors (Lipinski definition) is 8. The number of anilines is 1. The van der Waals surface area contributed by atoms with Crippen molar-refractivity contribution in [2.24, 2.45) is 0 Å². The minimum Gasteiger partial charge on any atom is -0.473 e. The van der Waals surface area contributed by atoms with Gasteiger partial charge in [-0.15, -0.1) is 11.3 Å². The van der Waals surface area contributed by atoms with Crippen LogP contribution in [0.5, 0.6) is 0 Å². The smallest absolute Gasteiger partial charge is 0.414 e. The molecule has 10 heteroatoms. The van der Waals surface area contributed by atoms with Gasteiger partial charge in [0.05, 0.1) is 16.8 Å². The van der Waals surface area contributed by atoms with Gasteiger partial charge in [-0.25, -0.2) is 14.6 Å². The highest BCUT2D eigenvalue weighted by molar-refractivity contribution is 7.12. The van der Waals surface area contributed by atoms with Gasteiger partial charge in [-0.1, -0.05) is 6.07 Å². The number of carbonyl (C=O) groups is 3. The molecule has 0 fully saturated rings. The molecule has 9 nitrogen and oxygen atoms in total. The predicted molar refractivity (Wildman–Crippen MR) is 104 cm³/mol. The van der Waals surface area contributed by atoms with Crippen LogP contribution in [0.15, 0.2) is 34.3 Å². The third-order valence-electron chi connectivity index (χ3n) is 3.61. The molecule has 0 saturated carbocycles. The Hall–Kier alpha value is -3.24. The van der Waals surface area contributed by atoms with Crippen LogP contribution in [-0.2, 0) is 16.0 Å². The molecule has 3 aromatic heterocycles. The molecule has 0 unspecified atom stereocenters. The standard InChI is InChI=1S/C16H17N3O2S.C2H2O4/c1-19(2)6-5-10-9-21-16-11(17)8-12(18-14(10)16)15(20)13-4-3-7-22-13;3-1(4)2(5)6/h3-4,7-9H,5-6H2,1-2H3,(H2,17,18);(H,3,4)(H,5,6). The number of thiophene rings is 1. The summed E-state index contributed by atoms with van der Waals surface area (Å²) in [6, 6.07) is 5.22. The van der Waals surface area contributed by atoms with Gasteiger partial charge in [0.15, 0.2) is 5.58 Å². The monoisotopic (exact) mass is 405 g/mol. The first-order valence-electron chi connectivity index (χ1n) is 8.06. The third kappa shape index (κ3) is 5.15. The Bertz CT molecular complexity index is 982. The molecule has 0 spiro atoms. The zero-order chi connectivity index (χ0) is 20.8. The van der Waals surface area contributed by atoms with Crippen LogP contribution in [0.1, 0.15) is 20.9 Å². The lowest BCUT2D eigenvalue weighted by molar-refractivity contribution is -0.159. The van der Waals surface area contributed by atoms with E-state index in [1.54, 1.807) is 18.4 Å². The second-order valence-corrected chi connectivity index (χ2v) is 6.95. The van der Waals surface area contributed by atoms with Gasteiger partial charge in [0, 0.05) is 12.1 Å². The molecular weight excluding hydrogens is 386 g/mol. The lowest BCUT2D eigenvalue weighted by Gasteiger charge is -2.07. The van der Waals surface area contributed by atoms with E-state index in [9.17, 15) is 4.79 Å². The lowest BCUT2D eigenvalue weighted by Crippen LogP contribution is -2.15. The first-order valence-corrected chi connectivity index (χ1v) is 8.94. The second-order valence-electron chi connectivity index (χ2n) is 6.01. The molecule has 3 rings (SSSR count). The number of carbonyl (C=O) groups excluding carboxylic acids is 1. The van der Waals surface area contributed by atoms with Crippen molar-refractivity contribution in [3.63, 3.8) is 0 Å². The maximum absolute atomic E-state index is 12.5. The SMILES string of the molecule is CN(C)CCc1coc2c(N)cc(C(=O)c3cccs3)nc12.O=C(O)C(=O)O. The highest BCUT2D eigenvalue weighted by Gasteiger charge is 2.17. The second kappa shape index (κ2) is 9.11. The first kappa shape index (κ1) is 21.1. The summed E-state index contributed by atoms with van der Waals surface area (Å²) in [5, 5.41) is 16.7. The Morgan fingerprint density at radius 1 is 1.25 bits per heavy atom. The molecule has 0 aliphatic carbocycles. The molecule has 0 aliphatic rings. The summed E-state index contributed by atoms with van der Waals surface area (Å²) in [5.41, 5.74) is 9.03. The van der Waals surface area contributed by atoms with Gasteiger partial charge in [0.1, 0.15) is 11.2 Å². The van der Waals surface area contributed by atoms with Crippen molar-refractivity contribution >= 4 is 45.8 Å². The highest BCUT2D eigenvalue weighted by Crippen LogP contribution is 2.27. The van der Waals surface area contributed by atoms with Gasteiger partial charge in [0.2, 0.25) is 5.78 Å². The maximum atomic E-state index is 12.5. The van der Waals surface area contributed by atoms with E-state index in [2.05, 4.69) is 9.88 Å². The summed E-state index contributed by atoms with van der Waals surface area (Å²) in [6.45, 7) is 0.874. The average molecular weight is 405 g/mol. The largest absolute Gasteiger partial charge is 0.473 e. The molecule has 0 aliphatic heterocycles. The van der Waals surface area contributed by atoms with E-state index in [1.807, 2.05) is 25.5 Å². The van der Waals surface area contributed by atoms with Crippen LogP contribution in [0.25, 0.3) is 11.1 Å². The Kier molecular flexibility index (Phi) is 6.85. The van der Waals surface area contributed by atoms with Crippen molar-refractivity contribution in [1.82, 2.24) is 9.88 Å². The summed E-state index contributed by atoms with van der Waals surface area (Å²) in [6.07, 6.45) is 2.47. The number of carboxylic acid groups (broad SMARTS) is 2. The van der Waals surface area contributed by atoms with Crippen molar-refractivity contribution < 1.29 is 29.0 Å². The fourth-order valence-electron chi connectivity index (χ4n) is 2.25. The number of ketones is 1. The van der Waals surface area contributed by atoms with Crippen LogP contribution < -0.4 is 5.73 Å². The van der Waals surface area contributed by atoms with Gasteiger partial charge in [-0.3, -0.25) is 4.79 Å². The summed E-state index contributed by atoms with van der Waals surface area (Å²) in [4.78, 5) is 37.9. The number of furan rings is 1. The quantitative estimate of drug-likeness (QED) is 0.428. The number of pyridine rings is 1. The first-order chi connectivity index (χ1) is 13.2. The number of rotatable bonds is 5. The third-order valence-corrected chi connectivity index (χ3v) is 4.48. The summed E-state index contributed by atoms with van der Waals surface area (Å²) >= 11 is 1.40. The predicted octanol–water partition coefficient (Wildman–Crippen LogP) is 1.96. The van der Waals surface area contributed by atoms with Gasteiger partial charge in [-0.05, 0) is 38.0 Å². The van der Waals surface area contributed by atoms with Gasteiger partial charge in [0.25, 0.3) is 0 Å². The van der Waals surface area contributed by atoms with Crippen LogP contribution in [-0.4, -0.2) is 58.5 Å². The minimum atomic E-state index is -1.82. The number of aliphatic carboxylic acids is 2. The van der Waals surface area contributed by atoms with E-state index in [-0.39, 0.29) is 5.78 Å². The number of fused-ring (bicyclic) bond motifs is 1. The van der Waals surface area contributed by atoms with Gasteiger partial charge >= 0.3 is 11.9 Å². The fraction of sp³-hybridized carbons (Fsp3) is 0.222. The van der Waals surface area contributed by atoms with Crippen LogP contribution in [0.2, 0.25) is 0 Å². The number of likely N-dealkylation sites (N-methyl/N-ethyl adjacent to an activating group) is 1. The summed E-state index contributed by atoms with van der Waals surface area (Å²) < 4.78 is 5.52.